The predicted molar refractivity (Wildman–Crippen MR) is 98.1 cm³/mol. The lowest BCUT2D eigenvalue weighted by Gasteiger charge is -2.02. The van der Waals surface area contributed by atoms with Gasteiger partial charge >= 0.3 is 0 Å². The zero-order chi connectivity index (χ0) is 17.2. The number of hydrogen-bond donors (Lipinski definition) is 3. The second kappa shape index (κ2) is 6.41. The van der Waals surface area contributed by atoms with Crippen molar-refractivity contribution in [2.45, 2.75) is 13.0 Å². The summed E-state index contributed by atoms with van der Waals surface area (Å²) in [5.74, 6) is 1.22. The summed E-state index contributed by atoms with van der Waals surface area (Å²) in [6.45, 7) is 0.337. The third kappa shape index (κ3) is 2.88. The van der Waals surface area contributed by atoms with Crippen molar-refractivity contribution in [1.29, 1.82) is 0 Å². The second-order valence-electron chi connectivity index (χ2n) is 5.92. The molecule has 0 aliphatic heterocycles. The molecule has 0 radical (unpaired) electrons. The molecule has 0 saturated heterocycles. The Labute approximate surface area is 144 Å². The number of H-pyrrole nitrogens is 1. The van der Waals surface area contributed by atoms with Crippen molar-refractivity contribution in [3.8, 4) is 11.4 Å². The van der Waals surface area contributed by atoms with Crippen molar-refractivity contribution in [3.63, 3.8) is 0 Å². The van der Waals surface area contributed by atoms with Crippen LogP contribution in [0, 0.1) is 0 Å². The summed E-state index contributed by atoms with van der Waals surface area (Å²) in [7, 11) is 0. The summed E-state index contributed by atoms with van der Waals surface area (Å²) < 4.78 is 1.64. The van der Waals surface area contributed by atoms with E-state index < -0.39 is 0 Å². The molecule has 0 atom stereocenters. The topological polar surface area (TPSA) is 92.8 Å². The Hall–Kier alpha value is -3.12. The minimum Gasteiger partial charge on any atom is -0.394 e. The highest BCUT2D eigenvalue weighted by Crippen LogP contribution is 2.30. The third-order valence-electron chi connectivity index (χ3n) is 4.22. The highest BCUT2D eigenvalue weighted by atomic mass is 16.3. The van der Waals surface area contributed by atoms with Gasteiger partial charge in [-0.2, -0.15) is 5.10 Å². The third-order valence-corrected chi connectivity index (χ3v) is 4.22. The first-order valence-corrected chi connectivity index (χ1v) is 8.21. The Kier molecular flexibility index (Phi) is 3.95. The van der Waals surface area contributed by atoms with Gasteiger partial charge in [-0.25, -0.2) is 9.67 Å². The molecule has 0 aliphatic carbocycles. The zero-order valence-corrected chi connectivity index (χ0v) is 13.7. The van der Waals surface area contributed by atoms with Gasteiger partial charge in [0.25, 0.3) is 0 Å². The highest BCUT2D eigenvalue weighted by molar-refractivity contribution is 5.82. The number of nitrogens with two attached hydrogens (primary N) is 1. The monoisotopic (exact) mass is 333 g/mol. The fraction of sp³-hybridized carbons (Fsp3) is 0.158. The average Bonchev–Trinajstić information content (AvgIpc) is 3.17. The zero-order valence-electron chi connectivity index (χ0n) is 13.7. The van der Waals surface area contributed by atoms with Crippen LogP contribution in [0.15, 0.2) is 54.6 Å². The molecule has 0 spiro atoms. The Morgan fingerprint density at radius 2 is 1.80 bits per heavy atom. The van der Waals surface area contributed by atoms with Crippen LogP contribution in [0.5, 0.6) is 0 Å². The van der Waals surface area contributed by atoms with Gasteiger partial charge in [0.15, 0.2) is 0 Å². The minimum atomic E-state index is -0.0176. The molecule has 6 nitrogen and oxygen atoms in total. The number of aromatic nitrogens is 4. The van der Waals surface area contributed by atoms with Crippen molar-refractivity contribution < 1.29 is 5.11 Å². The van der Waals surface area contributed by atoms with Crippen molar-refractivity contribution >= 4 is 16.9 Å². The molecule has 4 aromatic rings. The normalized spacial score (nSPS) is 11.2. The molecule has 2 heterocycles. The maximum Gasteiger partial charge on any atom is 0.144 e. The van der Waals surface area contributed by atoms with E-state index in [1.807, 2.05) is 42.5 Å². The second-order valence-corrected chi connectivity index (χ2v) is 5.92. The van der Waals surface area contributed by atoms with Gasteiger partial charge in [-0.15, -0.1) is 0 Å². The van der Waals surface area contributed by atoms with E-state index in [1.165, 1.54) is 0 Å². The van der Waals surface area contributed by atoms with Gasteiger partial charge in [-0.05, 0) is 17.7 Å². The summed E-state index contributed by atoms with van der Waals surface area (Å²) in [5, 5.41) is 13.9. The van der Waals surface area contributed by atoms with Crippen LogP contribution in [-0.2, 0) is 13.0 Å². The SMILES string of the molecule is Nc1c(-c2nc3ccccc3[nH]2)c(Cc2ccccc2)nn1CCO. The van der Waals surface area contributed by atoms with E-state index >= 15 is 0 Å². The number of fused-ring (bicyclic) bond motifs is 1. The lowest BCUT2D eigenvalue weighted by Crippen LogP contribution is -2.08. The number of aliphatic hydroxyl groups is 1. The summed E-state index contributed by atoms with van der Waals surface area (Å²) in [6, 6.07) is 18.0. The van der Waals surface area contributed by atoms with Crippen molar-refractivity contribution in [3.05, 3.63) is 65.9 Å². The Morgan fingerprint density at radius 3 is 2.56 bits per heavy atom. The average molecular weight is 333 g/mol. The van der Waals surface area contributed by atoms with Crippen LogP contribution >= 0.6 is 0 Å². The number of nitrogen functional groups attached to an aromatic ring is 1. The standard InChI is InChI=1S/C19H19N5O/c20-18-17(19-21-14-8-4-5-9-15(14)22-19)16(23-24(18)10-11-25)12-13-6-2-1-3-7-13/h1-9,25H,10-12,20H2,(H,21,22). The van der Waals surface area contributed by atoms with E-state index in [-0.39, 0.29) is 6.61 Å². The summed E-state index contributed by atoms with van der Waals surface area (Å²) in [4.78, 5) is 8.00. The van der Waals surface area contributed by atoms with Crippen LogP contribution in [0.1, 0.15) is 11.3 Å². The lowest BCUT2D eigenvalue weighted by atomic mass is 10.1. The number of nitrogens with zero attached hydrogens (tertiary/aromatic N) is 3. The number of rotatable bonds is 5. The van der Waals surface area contributed by atoms with Gasteiger partial charge in [0, 0.05) is 6.42 Å². The smallest absolute Gasteiger partial charge is 0.144 e. The van der Waals surface area contributed by atoms with E-state index in [9.17, 15) is 5.11 Å². The van der Waals surface area contributed by atoms with Crippen LogP contribution < -0.4 is 5.73 Å². The molecule has 2 aromatic carbocycles. The van der Waals surface area contributed by atoms with Crippen LogP contribution in [0.3, 0.4) is 0 Å². The number of benzene rings is 2. The summed E-state index contributed by atoms with van der Waals surface area (Å²) in [6.07, 6.45) is 0.649. The van der Waals surface area contributed by atoms with E-state index in [0.29, 0.717) is 24.6 Å². The Balaban J connectivity index is 1.84. The molecule has 4 rings (SSSR count). The van der Waals surface area contributed by atoms with Crippen LogP contribution in [0.2, 0.25) is 0 Å². The van der Waals surface area contributed by atoms with Crippen molar-refractivity contribution in [2.24, 2.45) is 0 Å². The van der Waals surface area contributed by atoms with E-state index in [4.69, 9.17) is 5.73 Å². The van der Waals surface area contributed by atoms with Crippen LogP contribution in [-0.4, -0.2) is 31.5 Å². The lowest BCUT2D eigenvalue weighted by molar-refractivity contribution is 0.270. The first-order chi connectivity index (χ1) is 12.3. The van der Waals surface area contributed by atoms with E-state index in [0.717, 1.165) is 27.9 Å². The number of imidazole rings is 1. The molecule has 4 N–H and O–H groups in total. The predicted octanol–water partition coefficient (Wildman–Crippen LogP) is 2.59. The largest absolute Gasteiger partial charge is 0.394 e. The molecule has 0 aliphatic rings. The molecular weight excluding hydrogens is 314 g/mol. The molecule has 6 heteroatoms. The van der Waals surface area contributed by atoms with Crippen molar-refractivity contribution in [2.75, 3.05) is 12.3 Å². The van der Waals surface area contributed by atoms with Crippen molar-refractivity contribution in [1.82, 2.24) is 19.7 Å². The number of aromatic amines is 1. The number of hydrogen-bond acceptors (Lipinski definition) is 4. The molecule has 0 unspecified atom stereocenters. The molecule has 2 aromatic heterocycles. The first-order valence-electron chi connectivity index (χ1n) is 8.21. The molecule has 0 amide bonds. The molecule has 25 heavy (non-hydrogen) atoms. The van der Waals surface area contributed by atoms with Gasteiger partial charge in [0.1, 0.15) is 11.6 Å². The van der Waals surface area contributed by atoms with E-state index in [2.05, 4.69) is 27.2 Å². The Bertz CT molecular complexity index is 970. The number of aliphatic hydroxyl groups excluding tert-OH is 1. The van der Waals surface area contributed by atoms with Gasteiger partial charge in [0.05, 0.1) is 35.4 Å². The molecule has 0 fully saturated rings. The summed E-state index contributed by atoms with van der Waals surface area (Å²) >= 11 is 0. The fourth-order valence-electron chi connectivity index (χ4n) is 3.03. The number of nitrogens with one attached hydrogen (secondary N) is 1. The van der Waals surface area contributed by atoms with Gasteiger partial charge in [0.2, 0.25) is 0 Å². The highest BCUT2D eigenvalue weighted by Gasteiger charge is 2.20. The van der Waals surface area contributed by atoms with E-state index in [1.54, 1.807) is 4.68 Å². The Morgan fingerprint density at radius 1 is 1.04 bits per heavy atom. The minimum absolute atomic E-state index is 0.0176. The van der Waals surface area contributed by atoms with Gasteiger partial charge < -0.3 is 15.8 Å². The fourth-order valence-corrected chi connectivity index (χ4v) is 3.03. The number of para-hydroxylation sites is 2. The molecule has 0 bridgehead atoms. The molecule has 0 saturated carbocycles. The number of anilines is 1. The molecule has 126 valence electrons. The maximum atomic E-state index is 9.28. The first kappa shape index (κ1) is 15.4. The maximum absolute atomic E-state index is 9.28. The summed E-state index contributed by atoms with van der Waals surface area (Å²) in [5.41, 5.74) is 11.0. The van der Waals surface area contributed by atoms with Gasteiger partial charge in [-0.1, -0.05) is 42.5 Å². The van der Waals surface area contributed by atoms with Gasteiger partial charge in [-0.3, -0.25) is 0 Å². The van der Waals surface area contributed by atoms with Crippen LogP contribution in [0.4, 0.5) is 5.82 Å². The quantitative estimate of drug-likeness (QED) is 0.523. The van der Waals surface area contributed by atoms with Crippen LogP contribution in [0.25, 0.3) is 22.4 Å². The molecular formula is C19H19N5O.